The fourth-order valence-corrected chi connectivity index (χ4v) is 5.59. The van der Waals surface area contributed by atoms with Crippen molar-refractivity contribution in [3.05, 3.63) is 29.3 Å². The highest BCUT2D eigenvalue weighted by atomic mass is 32.2. The van der Waals surface area contributed by atoms with Crippen LogP contribution in [0.2, 0.25) is 0 Å². The van der Waals surface area contributed by atoms with E-state index in [1.807, 2.05) is 6.07 Å². The number of ether oxygens (including phenoxy) is 1. The van der Waals surface area contributed by atoms with Gasteiger partial charge in [-0.3, -0.25) is 9.10 Å². The van der Waals surface area contributed by atoms with Crippen molar-refractivity contribution in [3.8, 4) is 0 Å². The van der Waals surface area contributed by atoms with E-state index in [0.29, 0.717) is 24.2 Å². The summed E-state index contributed by atoms with van der Waals surface area (Å²) in [5, 5.41) is 3.17. The van der Waals surface area contributed by atoms with Crippen LogP contribution >= 0.6 is 0 Å². The van der Waals surface area contributed by atoms with Crippen molar-refractivity contribution in [2.45, 2.75) is 44.2 Å². The Labute approximate surface area is 148 Å². The van der Waals surface area contributed by atoms with E-state index < -0.39 is 10.0 Å². The minimum atomic E-state index is -3.26. The summed E-state index contributed by atoms with van der Waals surface area (Å²) in [4.78, 5) is 12.7. The Morgan fingerprint density at radius 2 is 2.12 bits per heavy atom. The molecule has 136 valence electrons. The van der Waals surface area contributed by atoms with E-state index in [9.17, 15) is 13.2 Å². The number of carbonyl (C=O) groups excluding carboxylic acids is 1. The number of amides is 1. The molecule has 0 radical (unpaired) electrons. The van der Waals surface area contributed by atoms with Gasteiger partial charge < -0.3 is 10.1 Å². The zero-order valence-corrected chi connectivity index (χ0v) is 15.4. The maximum absolute atomic E-state index is 12.7. The molecule has 3 aliphatic rings. The monoisotopic (exact) mass is 364 g/mol. The van der Waals surface area contributed by atoms with Gasteiger partial charge in [0.15, 0.2) is 0 Å². The molecule has 0 aromatic heterocycles. The van der Waals surface area contributed by atoms with Gasteiger partial charge in [0.2, 0.25) is 10.0 Å². The van der Waals surface area contributed by atoms with Crippen LogP contribution in [0.5, 0.6) is 0 Å². The predicted molar refractivity (Wildman–Crippen MR) is 95.3 cm³/mol. The molecular weight excluding hydrogens is 340 g/mol. The first-order chi connectivity index (χ1) is 11.8. The molecule has 2 unspecified atom stereocenters. The fraction of sp³-hybridized carbons (Fsp3) is 0.611. The molecule has 1 heterocycles. The Morgan fingerprint density at radius 3 is 2.72 bits per heavy atom. The van der Waals surface area contributed by atoms with Crippen LogP contribution in [0.25, 0.3) is 0 Å². The number of rotatable bonds is 4. The Kier molecular flexibility index (Phi) is 3.85. The summed E-state index contributed by atoms with van der Waals surface area (Å²) in [6.45, 7) is 0.445. The van der Waals surface area contributed by atoms with Gasteiger partial charge in [-0.1, -0.05) is 6.42 Å². The second-order valence-corrected chi connectivity index (χ2v) is 9.41. The van der Waals surface area contributed by atoms with Gasteiger partial charge in [-0.2, -0.15) is 0 Å². The van der Waals surface area contributed by atoms with E-state index >= 15 is 0 Å². The van der Waals surface area contributed by atoms with Gasteiger partial charge in [-0.15, -0.1) is 0 Å². The molecule has 1 N–H and O–H groups in total. The number of sulfonamides is 1. The van der Waals surface area contributed by atoms with E-state index in [4.69, 9.17) is 4.74 Å². The molecule has 4 rings (SSSR count). The predicted octanol–water partition coefficient (Wildman–Crippen LogP) is 1.70. The van der Waals surface area contributed by atoms with Crippen molar-refractivity contribution in [2.24, 2.45) is 5.41 Å². The molecular formula is C18H24N2O4S. The van der Waals surface area contributed by atoms with E-state index in [0.717, 1.165) is 24.8 Å². The molecule has 6 nitrogen and oxygen atoms in total. The minimum Gasteiger partial charge on any atom is -0.381 e. The van der Waals surface area contributed by atoms with Gasteiger partial charge >= 0.3 is 0 Å². The van der Waals surface area contributed by atoms with Crippen LogP contribution in [0.1, 0.15) is 41.6 Å². The first kappa shape index (κ1) is 16.8. The number of methoxy groups -OCH3 is 1. The quantitative estimate of drug-likeness (QED) is 0.882. The van der Waals surface area contributed by atoms with Gasteiger partial charge in [-0.05, 0) is 49.4 Å². The lowest BCUT2D eigenvalue weighted by Gasteiger charge is -2.60. The second-order valence-electron chi connectivity index (χ2n) is 7.50. The summed E-state index contributed by atoms with van der Waals surface area (Å²) in [7, 11) is -1.52. The lowest BCUT2D eigenvalue weighted by Crippen LogP contribution is -2.67. The van der Waals surface area contributed by atoms with E-state index in [1.54, 1.807) is 19.2 Å². The number of hydrogen-bond acceptors (Lipinski definition) is 4. The fourth-order valence-electron chi connectivity index (χ4n) is 4.64. The normalized spacial score (nSPS) is 26.7. The molecule has 2 fully saturated rings. The summed E-state index contributed by atoms with van der Waals surface area (Å²) >= 11 is 0. The van der Waals surface area contributed by atoms with Gasteiger partial charge in [0.05, 0.1) is 18.0 Å². The zero-order chi connectivity index (χ0) is 17.8. The number of hydrogen-bond donors (Lipinski definition) is 1. The average Bonchev–Trinajstić information content (AvgIpc) is 2.92. The third-order valence-corrected chi connectivity index (χ3v) is 7.43. The number of fused-ring (bicyclic) bond motifs is 1. The summed E-state index contributed by atoms with van der Waals surface area (Å²) in [6.07, 6.45) is 6.41. The van der Waals surface area contributed by atoms with Crippen molar-refractivity contribution < 1.29 is 17.9 Å². The van der Waals surface area contributed by atoms with Crippen LogP contribution in [0, 0.1) is 5.41 Å². The summed E-state index contributed by atoms with van der Waals surface area (Å²) in [5.41, 5.74) is 2.34. The molecule has 2 aliphatic carbocycles. The van der Waals surface area contributed by atoms with Crippen LogP contribution in [0.4, 0.5) is 5.69 Å². The standard InChI is InChI=1S/C18H24N2O4S/c1-24-16-11-15(18(16)7-3-8-18)19-17(21)13-4-5-14-12(10-13)6-9-20(14)25(2,22)23/h4-5,10,15-16H,3,6-9,11H2,1-2H3,(H,19,21). The Morgan fingerprint density at radius 1 is 1.36 bits per heavy atom. The van der Waals surface area contributed by atoms with Crippen molar-refractivity contribution in [1.82, 2.24) is 5.32 Å². The molecule has 1 aliphatic heterocycles. The third kappa shape index (κ3) is 2.56. The number of nitrogens with one attached hydrogen (secondary N) is 1. The lowest BCUT2D eigenvalue weighted by atomic mass is 9.51. The van der Waals surface area contributed by atoms with E-state index in [2.05, 4.69) is 5.32 Å². The van der Waals surface area contributed by atoms with Crippen molar-refractivity contribution >= 4 is 21.6 Å². The van der Waals surface area contributed by atoms with Gasteiger partial charge in [0, 0.05) is 30.7 Å². The maximum Gasteiger partial charge on any atom is 0.251 e. The van der Waals surface area contributed by atoms with E-state index in [-0.39, 0.29) is 23.5 Å². The number of carbonyl (C=O) groups is 1. The highest BCUT2D eigenvalue weighted by molar-refractivity contribution is 7.92. The molecule has 2 atom stereocenters. The highest BCUT2D eigenvalue weighted by Gasteiger charge is 2.59. The largest absolute Gasteiger partial charge is 0.381 e. The average molecular weight is 364 g/mol. The summed E-state index contributed by atoms with van der Waals surface area (Å²) in [6, 6.07) is 5.48. The molecule has 1 spiro atoms. The second kappa shape index (κ2) is 5.71. The summed E-state index contributed by atoms with van der Waals surface area (Å²) < 4.78 is 30.6. The van der Waals surface area contributed by atoms with Crippen LogP contribution in [-0.2, 0) is 21.2 Å². The van der Waals surface area contributed by atoms with Crippen LogP contribution in [-0.4, -0.2) is 46.4 Å². The molecule has 1 aromatic rings. The zero-order valence-electron chi connectivity index (χ0n) is 14.6. The topological polar surface area (TPSA) is 75.7 Å². The van der Waals surface area contributed by atoms with Crippen LogP contribution < -0.4 is 9.62 Å². The molecule has 25 heavy (non-hydrogen) atoms. The van der Waals surface area contributed by atoms with Gasteiger partial charge in [0.25, 0.3) is 5.91 Å². The van der Waals surface area contributed by atoms with Crippen molar-refractivity contribution in [1.29, 1.82) is 0 Å². The first-order valence-corrected chi connectivity index (χ1v) is 10.6. The van der Waals surface area contributed by atoms with Crippen LogP contribution in [0.3, 0.4) is 0 Å². The van der Waals surface area contributed by atoms with Crippen molar-refractivity contribution in [3.63, 3.8) is 0 Å². The Hall–Kier alpha value is -1.60. The SMILES string of the molecule is COC1CC(NC(=O)c2ccc3c(c2)CCN3S(C)(=O)=O)C12CCC2. The first-order valence-electron chi connectivity index (χ1n) is 8.79. The molecule has 7 heteroatoms. The molecule has 1 amide bonds. The number of anilines is 1. The molecule has 0 bridgehead atoms. The Bertz CT molecular complexity index is 816. The lowest BCUT2D eigenvalue weighted by molar-refractivity contribution is -0.158. The molecule has 1 aromatic carbocycles. The smallest absolute Gasteiger partial charge is 0.251 e. The molecule has 0 saturated heterocycles. The van der Waals surface area contributed by atoms with Crippen LogP contribution in [0.15, 0.2) is 18.2 Å². The highest BCUT2D eigenvalue weighted by Crippen LogP contribution is 2.57. The van der Waals surface area contributed by atoms with E-state index in [1.165, 1.54) is 17.0 Å². The third-order valence-electron chi connectivity index (χ3n) is 6.25. The minimum absolute atomic E-state index is 0.0774. The summed E-state index contributed by atoms with van der Waals surface area (Å²) in [5.74, 6) is -0.0774. The van der Waals surface area contributed by atoms with Crippen molar-refractivity contribution in [2.75, 3.05) is 24.2 Å². The number of benzene rings is 1. The Balaban J connectivity index is 1.49. The van der Waals surface area contributed by atoms with Gasteiger partial charge in [0.1, 0.15) is 0 Å². The van der Waals surface area contributed by atoms with Gasteiger partial charge in [-0.25, -0.2) is 8.42 Å². The molecule has 2 saturated carbocycles. The maximum atomic E-state index is 12.7. The number of nitrogens with zero attached hydrogens (tertiary/aromatic N) is 1.